The van der Waals surface area contributed by atoms with E-state index in [4.69, 9.17) is 40.8 Å². The SMILES string of the molecule is CCC(=O)OCC(=O)[C@@]1(OC(=O)CC)[C@@H](C)C[C@H]2[C@@H]3CCC4=CC(=O)C=C[C@]4(C)[C@@]3(Cl)[C@@H](O)C[C@@]21C.COc1ccc(C[C@@H](C)NC[C@H](O)c2ccc(O)c(NC=O)c2)cc1.COc1ccc(C[C@@H](C)NC[C@H](O)c2ccc(O)c(NC=O)c2)cc1.O.O.O=C(O)/C=C/C(=O)O. The number of fused-ring (bicyclic) bond motifs is 5. The number of aromatic hydroxyl groups is 2. The van der Waals surface area contributed by atoms with Crippen LogP contribution in [0.15, 0.2) is 121 Å². The van der Waals surface area contributed by atoms with Crippen LogP contribution in [0.4, 0.5) is 11.4 Å². The lowest BCUT2D eigenvalue weighted by atomic mass is 9.45. The molecule has 0 saturated heterocycles. The smallest absolute Gasteiger partial charge is 0.328 e. The summed E-state index contributed by atoms with van der Waals surface area (Å²) in [4.78, 5) is 89.6. The van der Waals surface area contributed by atoms with Crippen molar-refractivity contribution in [2.75, 3.05) is 44.5 Å². The molecule has 0 spiro atoms. The molecular formula is C70H93ClN4O21. The lowest BCUT2D eigenvalue weighted by molar-refractivity contribution is -0.203. The molecule has 526 valence electrons. The van der Waals surface area contributed by atoms with Crippen LogP contribution < -0.4 is 30.7 Å². The van der Waals surface area contributed by atoms with Gasteiger partial charge < -0.3 is 86.9 Å². The molecule has 3 fully saturated rings. The zero-order valence-electron chi connectivity index (χ0n) is 55.4. The molecule has 4 aromatic carbocycles. The van der Waals surface area contributed by atoms with Gasteiger partial charge in [-0.15, -0.1) is 11.6 Å². The summed E-state index contributed by atoms with van der Waals surface area (Å²) in [6.07, 6.45) is 8.43. The number of carbonyl (C=O) groups is 8. The van der Waals surface area contributed by atoms with E-state index in [9.17, 15) is 63.9 Å². The van der Waals surface area contributed by atoms with Crippen molar-refractivity contribution >= 4 is 71.2 Å². The molecule has 12 atom stereocenters. The number of phenols is 2. The maximum atomic E-state index is 13.9. The average Bonchev–Trinajstić information content (AvgIpc) is 1.31. The third-order valence-electron chi connectivity index (χ3n) is 18.1. The Morgan fingerprint density at radius 1 is 0.708 bits per heavy atom. The summed E-state index contributed by atoms with van der Waals surface area (Å²) in [5.41, 5.74) is 1.87. The van der Waals surface area contributed by atoms with Crippen molar-refractivity contribution in [3.05, 3.63) is 143 Å². The van der Waals surface area contributed by atoms with Crippen LogP contribution in [-0.4, -0.2) is 158 Å². The number of amides is 2. The molecule has 0 unspecified atom stereocenters. The lowest BCUT2D eigenvalue weighted by Crippen LogP contribution is -2.69. The van der Waals surface area contributed by atoms with Gasteiger partial charge in [0.2, 0.25) is 18.6 Å². The number of nitrogens with one attached hydrogen (secondary N) is 4. The number of aliphatic hydroxyl groups is 3. The van der Waals surface area contributed by atoms with Crippen LogP contribution in [0.25, 0.3) is 0 Å². The van der Waals surface area contributed by atoms with Gasteiger partial charge >= 0.3 is 23.9 Å². The number of methoxy groups -OCH3 is 2. The Bertz CT molecular complexity index is 3250. The number of aliphatic carboxylic acids is 2. The van der Waals surface area contributed by atoms with Gasteiger partial charge in [-0.05, 0) is 147 Å². The molecule has 0 radical (unpaired) electrons. The van der Waals surface area contributed by atoms with E-state index >= 15 is 0 Å². The van der Waals surface area contributed by atoms with E-state index in [1.165, 1.54) is 29.3 Å². The van der Waals surface area contributed by atoms with Gasteiger partial charge in [-0.3, -0.25) is 28.8 Å². The van der Waals surface area contributed by atoms with Crippen LogP contribution in [0.1, 0.15) is 121 Å². The summed E-state index contributed by atoms with van der Waals surface area (Å²) in [5.74, 6) is -3.18. The molecule has 8 rings (SSSR count). The maximum Gasteiger partial charge on any atom is 0.328 e. The van der Waals surface area contributed by atoms with Gasteiger partial charge in [0.25, 0.3) is 0 Å². The summed E-state index contributed by atoms with van der Waals surface area (Å²) in [5, 5.41) is 78.7. The minimum absolute atomic E-state index is 0. The number of allylic oxidation sites excluding steroid dienone is 4. The van der Waals surface area contributed by atoms with Crippen LogP contribution in [-0.2, 0) is 60.7 Å². The first-order valence-corrected chi connectivity index (χ1v) is 31.4. The molecule has 4 aliphatic rings. The first-order valence-electron chi connectivity index (χ1n) is 31.0. The van der Waals surface area contributed by atoms with Crippen molar-refractivity contribution in [3.8, 4) is 23.0 Å². The number of hydrogen-bond acceptors (Lipinski definition) is 19. The summed E-state index contributed by atoms with van der Waals surface area (Å²) >= 11 is 7.48. The molecule has 0 aliphatic heterocycles. The van der Waals surface area contributed by atoms with E-state index < -0.39 is 75.9 Å². The molecule has 0 bridgehead atoms. The Labute approximate surface area is 563 Å². The molecule has 0 aromatic heterocycles. The average molecular weight is 1360 g/mol. The number of phenolic OH excluding ortho intramolecular Hbond substituents is 2. The number of Topliss-reactive ketones (excluding diaryl/α,β-unsaturated/α-hetero) is 1. The van der Waals surface area contributed by atoms with Crippen molar-refractivity contribution in [1.82, 2.24) is 10.6 Å². The lowest BCUT2D eigenvalue weighted by Gasteiger charge is -2.64. The Morgan fingerprint density at radius 3 is 1.58 bits per heavy atom. The minimum Gasteiger partial charge on any atom is -0.506 e. The van der Waals surface area contributed by atoms with E-state index in [1.54, 1.807) is 58.4 Å². The van der Waals surface area contributed by atoms with Crippen LogP contribution in [0.5, 0.6) is 23.0 Å². The number of alkyl halides is 1. The molecule has 4 aromatic rings. The van der Waals surface area contributed by atoms with Crippen molar-refractivity contribution in [2.45, 2.75) is 141 Å². The van der Waals surface area contributed by atoms with Gasteiger partial charge in [0.1, 0.15) is 23.0 Å². The van der Waals surface area contributed by atoms with E-state index in [0.717, 1.165) is 29.9 Å². The number of esters is 2. The number of carboxylic acid groups (broad SMARTS) is 2. The molecular weight excluding hydrogens is 1270 g/mol. The second-order valence-corrected chi connectivity index (χ2v) is 24.9. The fourth-order valence-electron chi connectivity index (χ4n) is 13.3. The van der Waals surface area contributed by atoms with Crippen molar-refractivity contribution in [1.29, 1.82) is 0 Å². The Hall–Kier alpha value is -8.53. The number of carbonyl (C=O) groups excluding carboxylic acids is 6. The quantitative estimate of drug-likeness (QED) is 0.0104. The number of carboxylic acids is 2. The van der Waals surface area contributed by atoms with E-state index in [0.29, 0.717) is 68.5 Å². The summed E-state index contributed by atoms with van der Waals surface area (Å²) in [6, 6.07) is 25.4. The second-order valence-electron chi connectivity index (χ2n) is 24.2. The monoisotopic (exact) mass is 1360 g/mol. The standard InChI is InChI=1S/C28H37ClO7.2C19H24N2O4.C4H4O4.2H2O/c1-6-23(33)35-15-22(32)28(36-24(34)7-2)16(3)12-20-19-9-8-17-13-18(30)10-11-25(17,4)27(19,29)21(31)14-26(20,28)5;2*1-13(9-14-3-6-16(25-2)7-4-14)20-11-19(24)15-5-8-18(23)17(10-15)21-12-22;5-3(6)1-2-4(7)8;;/h10-11,13,16,19-21,31H,6-9,12,14-15H2,1-5H3;2*3-8,10,12-13,19-20,23-24H,9,11H2,1-2H3,(H,21,22);1-2H,(H,5,6)(H,7,8);2*1H2/b;;;2-1+;;/t16-,19-,20-,21-,25-,26-,27-,28-;2*13-,19+;;;/m011.../s1. The third kappa shape index (κ3) is 20.0. The number of ketones is 2. The predicted molar refractivity (Wildman–Crippen MR) is 358 cm³/mol. The number of aliphatic hydroxyl groups excluding tert-OH is 3. The summed E-state index contributed by atoms with van der Waals surface area (Å²) in [7, 11) is 3.28. The summed E-state index contributed by atoms with van der Waals surface area (Å²) in [6.45, 7) is 13.4. The van der Waals surface area contributed by atoms with Crippen molar-refractivity contribution < 1.29 is 104 Å². The Morgan fingerprint density at radius 2 is 1.17 bits per heavy atom. The van der Waals surface area contributed by atoms with Crippen molar-refractivity contribution in [2.24, 2.45) is 28.6 Å². The second kappa shape index (κ2) is 37.1. The third-order valence-corrected chi connectivity index (χ3v) is 19.1. The first kappa shape index (κ1) is 81.7. The zero-order valence-corrected chi connectivity index (χ0v) is 56.2. The summed E-state index contributed by atoms with van der Waals surface area (Å²) < 4.78 is 21.6. The Balaban J connectivity index is 0.000000358. The molecule has 4 aliphatic carbocycles. The highest BCUT2D eigenvalue weighted by molar-refractivity contribution is 6.26. The molecule has 96 heavy (non-hydrogen) atoms. The van der Waals surface area contributed by atoms with Crippen molar-refractivity contribution in [3.63, 3.8) is 0 Å². The number of rotatable bonds is 26. The highest BCUT2D eigenvalue weighted by atomic mass is 35.5. The van der Waals surface area contributed by atoms with Crippen LogP contribution in [0.2, 0.25) is 0 Å². The van der Waals surface area contributed by atoms with Gasteiger partial charge in [0, 0.05) is 66.9 Å². The highest BCUT2D eigenvalue weighted by Gasteiger charge is 2.76. The van der Waals surface area contributed by atoms with Gasteiger partial charge in [-0.2, -0.15) is 0 Å². The molecule has 25 nitrogen and oxygen atoms in total. The molecule has 2 amide bonds. The molecule has 26 heteroatoms. The number of hydrogen-bond donors (Lipinski definition) is 11. The fraction of sp³-hybridized carbons (Fsp3) is 0.457. The first-order chi connectivity index (χ1) is 44.5. The van der Waals surface area contributed by atoms with Gasteiger partial charge in [0.05, 0.1) is 48.8 Å². The fourth-order valence-corrected chi connectivity index (χ4v) is 13.8. The zero-order chi connectivity index (χ0) is 69.7. The van der Waals surface area contributed by atoms with Gasteiger partial charge in [-0.1, -0.05) is 82.7 Å². The highest BCUT2D eigenvalue weighted by Crippen LogP contribution is 2.72. The largest absolute Gasteiger partial charge is 0.506 e. The van der Waals surface area contributed by atoms with E-state index in [2.05, 4.69) is 21.3 Å². The van der Waals surface area contributed by atoms with Crippen LogP contribution >= 0.6 is 11.6 Å². The van der Waals surface area contributed by atoms with Gasteiger partial charge in [0.15, 0.2) is 18.0 Å². The number of halogens is 1. The molecule has 0 heterocycles. The van der Waals surface area contributed by atoms with E-state index in [-0.39, 0.29) is 88.7 Å². The Kier molecular flexibility index (Phi) is 31.6. The normalized spacial score (nSPS) is 23.8. The molecule has 15 N–H and O–H groups in total. The molecule has 3 saturated carbocycles. The minimum atomic E-state index is -1.55. The van der Waals surface area contributed by atoms with E-state index in [1.807, 2.05) is 89.2 Å². The predicted octanol–water partition coefficient (Wildman–Crippen LogP) is 6.60. The number of ether oxygens (including phenoxy) is 4. The topological polar surface area (TPSA) is 426 Å². The number of benzene rings is 4. The van der Waals surface area contributed by atoms with Crippen LogP contribution in [0, 0.1) is 28.6 Å². The van der Waals surface area contributed by atoms with Gasteiger partial charge in [-0.25, -0.2) is 9.59 Å². The maximum absolute atomic E-state index is 13.9. The number of anilines is 2. The van der Waals surface area contributed by atoms with Crippen LogP contribution in [0.3, 0.4) is 0 Å².